The van der Waals surface area contributed by atoms with E-state index in [4.69, 9.17) is 0 Å². The van der Waals surface area contributed by atoms with Crippen molar-refractivity contribution in [3.8, 4) is 0 Å². The summed E-state index contributed by atoms with van der Waals surface area (Å²) in [5, 5.41) is 11.0. The normalized spacial score (nSPS) is 13.5. The van der Waals surface area contributed by atoms with Gasteiger partial charge in [0.05, 0.1) is 17.6 Å². The van der Waals surface area contributed by atoms with Crippen LogP contribution in [0.25, 0.3) is 0 Å². The van der Waals surface area contributed by atoms with Crippen molar-refractivity contribution >= 4 is 23.1 Å². The van der Waals surface area contributed by atoms with Gasteiger partial charge in [-0.15, -0.1) is 16.4 Å². The second-order valence-electron chi connectivity index (χ2n) is 6.01. The first kappa shape index (κ1) is 15.1. The van der Waals surface area contributed by atoms with Crippen molar-refractivity contribution in [2.24, 2.45) is 0 Å². The first-order valence-electron chi connectivity index (χ1n) is 8.15. The third-order valence-electron chi connectivity index (χ3n) is 4.19. The van der Waals surface area contributed by atoms with E-state index in [0.717, 1.165) is 23.3 Å². The van der Waals surface area contributed by atoms with Crippen molar-refractivity contribution in [3.05, 3.63) is 63.5 Å². The number of benzene rings is 1. The fourth-order valence-corrected chi connectivity index (χ4v) is 4.13. The maximum absolute atomic E-state index is 12.4. The van der Waals surface area contributed by atoms with Crippen molar-refractivity contribution in [3.63, 3.8) is 0 Å². The molecular formula is C18H18N4OS. The number of rotatable bonds is 4. The lowest BCUT2D eigenvalue weighted by molar-refractivity contribution is 0.103. The van der Waals surface area contributed by atoms with Crippen molar-refractivity contribution in [2.75, 3.05) is 5.32 Å². The number of anilines is 1. The van der Waals surface area contributed by atoms with Crippen LogP contribution in [0.5, 0.6) is 0 Å². The van der Waals surface area contributed by atoms with Gasteiger partial charge in [-0.05, 0) is 42.9 Å². The molecule has 1 aliphatic rings. The molecule has 122 valence electrons. The highest BCUT2D eigenvalue weighted by atomic mass is 32.1. The van der Waals surface area contributed by atoms with Gasteiger partial charge in [-0.3, -0.25) is 4.79 Å². The van der Waals surface area contributed by atoms with Gasteiger partial charge >= 0.3 is 0 Å². The van der Waals surface area contributed by atoms with Gasteiger partial charge in [0.15, 0.2) is 5.82 Å². The number of thiophene rings is 1. The molecule has 0 aliphatic heterocycles. The Labute approximate surface area is 144 Å². The quantitative estimate of drug-likeness (QED) is 0.792. The van der Waals surface area contributed by atoms with Gasteiger partial charge < -0.3 is 5.32 Å². The van der Waals surface area contributed by atoms with Gasteiger partial charge in [0.25, 0.3) is 5.91 Å². The smallest absolute Gasteiger partial charge is 0.266 e. The van der Waals surface area contributed by atoms with Crippen LogP contribution in [0.1, 0.15) is 38.5 Å². The SMILES string of the molecule is O=C(Nc1cn(Cc2ccccc2)nn1)c1cc2c(s1)CCCC2. The number of aryl methyl sites for hydroxylation is 2. The van der Waals surface area contributed by atoms with E-state index in [1.807, 2.05) is 36.4 Å². The molecule has 1 aromatic carbocycles. The lowest BCUT2D eigenvalue weighted by atomic mass is 9.99. The minimum atomic E-state index is -0.0961. The molecule has 0 spiro atoms. The van der Waals surface area contributed by atoms with Gasteiger partial charge in [-0.2, -0.15) is 0 Å². The van der Waals surface area contributed by atoms with Crippen molar-refractivity contribution in [1.82, 2.24) is 15.0 Å². The minimum Gasteiger partial charge on any atom is -0.303 e. The molecule has 4 rings (SSSR count). The summed E-state index contributed by atoms with van der Waals surface area (Å²) in [6.07, 6.45) is 6.40. The topological polar surface area (TPSA) is 59.8 Å². The Hall–Kier alpha value is -2.47. The van der Waals surface area contributed by atoms with Crippen LogP contribution in [-0.4, -0.2) is 20.9 Å². The largest absolute Gasteiger partial charge is 0.303 e. The molecular weight excluding hydrogens is 320 g/mol. The van der Waals surface area contributed by atoms with E-state index in [1.165, 1.54) is 23.3 Å². The highest BCUT2D eigenvalue weighted by molar-refractivity contribution is 7.14. The monoisotopic (exact) mass is 338 g/mol. The molecule has 6 heteroatoms. The summed E-state index contributed by atoms with van der Waals surface area (Å²) in [5.41, 5.74) is 2.48. The molecule has 0 unspecified atom stereocenters. The number of nitrogens with zero attached hydrogens (tertiary/aromatic N) is 3. The lowest BCUT2D eigenvalue weighted by Gasteiger charge is -2.08. The van der Waals surface area contributed by atoms with Crippen molar-refractivity contribution < 1.29 is 4.79 Å². The summed E-state index contributed by atoms with van der Waals surface area (Å²) >= 11 is 1.61. The zero-order valence-electron chi connectivity index (χ0n) is 13.2. The first-order valence-corrected chi connectivity index (χ1v) is 8.96. The zero-order chi connectivity index (χ0) is 16.4. The summed E-state index contributed by atoms with van der Waals surface area (Å²) in [6.45, 7) is 0.636. The van der Waals surface area contributed by atoms with E-state index in [1.54, 1.807) is 22.2 Å². The predicted molar refractivity (Wildman–Crippen MR) is 94.5 cm³/mol. The predicted octanol–water partition coefficient (Wildman–Crippen LogP) is 3.52. The summed E-state index contributed by atoms with van der Waals surface area (Å²) in [7, 11) is 0. The van der Waals surface area contributed by atoms with Crippen LogP contribution in [0, 0.1) is 0 Å². The van der Waals surface area contributed by atoms with E-state index >= 15 is 0 Å². The molecule has 2 heterocycles. The average Bonchev–Trinajstić information content (AvgIpc) is 3.22. The van der Waals surface area contributed by atoms with E-state index < -0.39 is 0 Å². The minimum absolute atomic E-state index is 0.0961. The van der Waals surface area contributed by atoms with Gasteiger partial charge in [-0.25, -0.2) is 4.68 Å². The van der Waals surface area contributed by atoms with Crippen LogP contribution < -0.4 is 5.32 Å². The van der Waals surface area contributed by atoms with Gasteiger partial charge in [0, 0.05) is 4.88 Å². The number of hydrogen-bond donors (Lipinski definition) is 1. The zero-order valence-corrected chi connectivity index (χ0v) is 14.1. The Morgan fingerprint density at radius 3 is 2.88 bits per heavy atom. The Kier molecular flexibility index (Phi) is 4.13. The standard InChI is InChI=1S/C18H18N4OS/c23-18(16-10-14-8-4-5-9-15(14)24-16)19-17-12-22(21-20-17)11-13-6-2-1-3-7-13/h1-3,6-7,10,12H,4-5,8-9,11H2,(H,19,23). The molecule has 5 nitrogen and oxygen atoms in total. The van der Waals surface area contributed by atoms with Gasteiger partial charge in [-0.1, -0.05) is 35.5 Å². The van der Waals surface area contributed by atoms with E-state index in [9.17, 15) is 4.79 Å². The Balaban J connectivity index is 1.43. The van der Waals surface area contributed by atoms with Crippen LogP contribution in [0.2, 0.25) is 0 Å². The summed E-state index contributed by atoms with van der Waals surface area (Å²) in [5.74, 6) is 0.392. The van der Waals surface area contributed by atoms with Gasteiger partial charge in [0.1, 0.15) is 0 Å². The van der Waals surface area contributed by atoms with Crippen molar-refractivity contribution in [1.29, 1.82) is 0 Å². The fraction of sp³-hybridized carbons (Fsp3) is 0.278. The Bertz CT molecular complexity index is 830. The van der Waals surface area contributed by atoms with Crippen LogP contribution in [0.3, 0.4) is 0 Å². The van der Waals surface area contributed by atoms with Gasteiger partial charge in [0.2, 0.25) is 0 Å². The number of aromatic nitrogens is 3. The molecule has 1 amide bonds. The number of nitrogens with one attached hydrogen (secondary N) is 1. The fourth-order valence-electron chi connectivity index (χ4n) is 2.98. The second-order valence-corrected chi connectivity index (χ2v) is 7.14. The maximum Gasteiger partial charge on any atom is 0.266 e. The number of hydrogen-bond acceptors (Lipinski definition) is 4. The number of carbonyl (C=O) groups excluding carboxylic acids is 1. The van der Waals surface area contributed by atoms with Crippen LogP contribution in [0.4, 0.5) is 5.82 Å². The number of carbonyl (C=O) groups is 1. The Morgan fingerprint density at radius 2 is 2.04 bits per heavy atom. The summed E-state index contributed by atoms with van der Waals surface area (Å²) in [4.78, 5) is 14.5. The molecule has 0 bridgehead atoms. The molecule has 1 N–H and O–H groups in total. The first-order chi connectivity index (χ1) is 11.8. The average molecular weight is 338 g/mol. The van der Waals surface area contributed by atoms with Crippen LogP contribution >= 0.6 is 11.3 Å². The molecule has 0 fully saturated rings. The van der Waals surface area contributed by atoms with E-state index in [-0.39, 0.29) is 5.91 Å². The molecule has 0 saturated heterocycles. The highest BCUT2D eigenvalue weighted by Crippen LogP contribution is 2.29. The molecule has 1 aliphatic carbocycles. The highest BCUT2D eigenvalue weighted by Gasteiger charge is 2.18. The molecule has 0 radical (unpaired) electrons. The van der Waals surface area contributed by atoms with Crippen molar-refractivity contribution in [2.45, 2.75) is 32.2 Å². The number of amides is 1. The molecule has 3 aromatic rings. The van der Waals surface area contributed by atoms with Crippen LogP contribution in [-0.2, 0) is 19.4 Å². The van der Waals surface area contributed by atoms with E-state index in [2.05, 4.69) is 15.6 Å². The third-order valence-corrected chi connectivity index (χ3v) is 5.42. The maximum atomic E-state index is 12.4. The molecule has 0 saturated carbocycles. The summed E-state index contributed by atoms with van der Waals surface area (Å²) in [6, 6.07) is 12.1. The van der Waals surface area contributed by atoms with E-state index in [0.29, 0.717) is 12.4 Å². The van der Waals surface area contributed by atoms with Crippen LogP contribution in [0.15, 0.2) is 42.6 Å². The number of fused-ring (bicyclic) bond motifs is 1. The molecule has 24 heavy (non-hydrogen) atoms. The molecule has 0 atom stereocenters. The lowest BCUT2D eigenvalue weighted by Crippen LogP contribution is -2.10. The second kappa shape index (κ2) is 6.57. The third kappa shape index (κ3) is 3.23. The Morgan fingerprint density at radius 1 is 1.21 bits per heavy atom. The molecule has 2 aromatic heterocycles. The summed E-state index contributed by atoms with van der Waals surface area (Å²) < 4.78 is 1.73.